The lowest BCUT2D eigenvalue weighted by Gasteiger charge is -2.04. The molecule has 0 radical (unpaired) electrons. The number of benzene rings is 1. The molecular formula is C13H7Cl2FN2OS. The molecule has 2 N–H and O–H groups in total. The van der Waals surface area contributed by atoms with Crippen LogP contribution in [-0.4, -0.2) is 5.16 Å². The molecule has 0 spiro atoms. The smallest absolute Gasteiger partial charge is 0.188 e. The predicted molar refractivity (Wildman–Crippen MR) is 79.6 cm³/mol. The van der Waals surface area contributed by atoms with E-state index < -0.39 is 5.82 Å². The van der Waals surface area contributed by atoms with Gasteiger partial charge in [-0.2, -0.15) is 0 Å². The van der Waals surface area contributed by atoms with Crippen molar-refractivity contribution in [3.8, 4) is 21.8 Å². The minimum atomic E-state index is -0.426. The van der Waals surface area contributed by atoms with Crippen LogP contribution in [0.5, 0.6) is 0 Å². The fourth-order valence-electron chi connectivity index (χ4n) is 1.87. The van der Waals surface area contributed by atoms with Crippen molar-refractivity contribution >= 4 is 40.4 Å². The lowest BCUT2D eigenvalue weighted by molar-refractivity contribution is 0.437. The summed E-state index contributed by atoms with van der Waals surface area (Å²) in [5.41, 5.74) is 6.90. The van der Waals surface area contributed by atoms with Crippen LogP contribution in [-0.2, 0) is 0 Å². The van der Waals surface area contributed by atoms with Gasteiger partial charge in [-0.25, -0.2) is 4.39 Å². The number of aromatic nitrogens is 1. The minimum absolute atomic E-state index is 0.179. The summed E-state index contributed by atoms with van der Waals surface area (Å²) in [6.45, 7) is 0. The van der Waals surface area contributed by atoms with E-state index in [4.69, 9.17) is 33.5 Å². The summed E-state index contributed by atoms with van der Waals surface area (Å²) in [6, 6.07) is 5.79. The molecule has 0 aliphatic heterocycles. The first-order valence-electron chi connectivity index (χ1n) is 5.52. The van der Waals surface area contributed by atoms with Crippen molar-refractivity contribution in [1.29, 1.82) is 0 Å². The fraction of sp³-hybridized carbons (Fsp3) is 0. The average molecular weight is 329 g/mol. The van der Waals surface area contributed by atoms with Gasteiger partial charge in [-0.05, 0) is 29.6 Å². The topological polar surface area (TPSA) is 52.0 Å². The maximum Gasteiger partial charge on any atom is 0.188 e. The first-order valence-corrected chi connectivity index (χ1v) is 7.15. The number of hydrogen-bond acceptors (Lipinski definition) is 4. The second kappa shape index (κ2) is 5.09. The highest BCUT2D eigenvalue weighted by Gasteiger charge is 2.22. The van der Waals surface area contributed by atoms with Crippen molar-refractivity contribution in [2.24, 2.45) is 0 Å². The third-order valence-corrected chi connectivity index (χ3v) is 4.40. The van der Waals surface area contributed by atoms with E-state index in [-0.39, 0.29) is 10.8 Å². The van der Waals surface area contributed by atoms with Crippen molar-refractivity contribution in [2.45, 2.75) is 0 Å². The molecule has 0 saturated heterocycles. The Morgan fingerprint density at radius 2 is 2.00 bits per heavy atom. The lowest BCUT2D eigenvalue weighted by atomic mass is 10.0. The zero-order valence-corrected chi connectivity index (χ0v) is 12.2. The summed E-state index contributed by atoms with van der Waals surface area (Å²) in [5, 5.41) is 6.34. The number of nitrogen functional groups attached to an aromatic ring is 1. The molecule has 0 unspecified atom stereocenters. The maximum atomic E-state index is 13.2. The quantitative estimate of drug-likeness (QED) is 0.712. The summed E-state index contributed by atoms with van der Waals surface area (Å²) in [7, 11) is 0. The normalized spacial score (nSPS) is 10.9. The molecule has 2 aromatic heterocycles. The predicted octanol–water partition coefficient (Wildman–Crippen LogP) is 5.10. The number of hydrogen-bond donors (Lipinski definition) is 1. The van der Waals surface area contributed by atoms with Crippen LogP contribution in [0.2, 0.25) is 10.0 Å². The molecule has 0 saturated carbocycles. The highest BCUT2D eigenvalue weighted by molar-refractivity contribution is 7.14. The van der Waals surface area contributed by atoms with E-state index in [1.54, 1.807) is 6.07 Å². The van der Waals surface area contributed by atoms with Crippen molar-refractivity contribution in [3.63, 3.8) is 0 Å². The first-order chi connectivity index (χ1) is 9.58. The SMILES string of the molecule is Nc1noc(-c2sccc2Cl)c1-c1ccc(F)cc1Cl. The van der Waals surface area contributed by atoms with Gasteiger partial charge in [0.2, 0.25) is 0 Å². The van der Waals surface area contributed by atoms with Crippen LogP contribution in [0, 0.1) is 5.82 Å². The van der Waals surface area contributed by atoms with Gasteiger partial charge in [0.25, 0.3) is 0 Å². The Morgan fingerprint density at radius 1 is 1.20 bits per heavy atom. The van der Waals surface area contributed by atoms with Crippen molar-refractivity contribution in [2.75, 3.05) is 5.73 Å². The molecule has 1 aromatic carbocycles. The zero-order valence-electron chi connectivity index (χ0n) is 9.86. The van der Waals surface area contributed by atoms with E-state index in [0.717, 1.165) is 0 Å². The molecule has 3 rings (SSSR count). The third kappa shape index (κ3) is 2.18. The molecule has 0 atom stereocenters. The molecular weight excluding hydrogens is 322 g/mol. The van der Waals surface area contributed by atoms with Crippen LogP contribution >= 0.6 is 34.5 Å². The fourth-order valence-corrected chi connectivity index (χ4v) is 3.25. The van der Waals surface area contributed by atoms with E-state index in [1.165, 1.54) is 29.5 Å². The number of anilines is 1. The summed E-state index contributed by atoms with van der Waals surface area (Å²) in [6.07, 6.45) is 0. The minimum Gasteiger partial charge on any atom is -0.380 e. The van der Waals surface area contributed by atoms with Crippen LogP contribution in [0.1, 0.15) is 0 Å². The standard InChI is InChI=1S/C13H7Cl2FN2OS/c14-8-3-4-20-12(8)11-10(13(17)18-19-11)7-2-1-6(16)5-9(7)15/h1-5H,(H2,17,18). The molecule has 0 aliphatic rings. The van der Waals surface area contributed by atoms with Gasteiger partial charge in [0.15, 0.2) is 11.6 Å². The van der Waals surface area contributed by atoms with Gasteiger partial charge in [0, 0.05) is 5.56 Å². The average Bonchev–Trinajstić information content (AvgIpc) is 2.96. The Labute approximate surface area is 127 Å². The molecule has 0 bridgehead atoms. The van der Waals surface area contributed by atoms with Crippen LogP contribution in [0.25, 0.3) is 21.8 Å². The van der Waals surface area contributed by atoms with Gasteiger partial charge in [0.1, 0.15) is 5.82 Å². The number of thiophene rings is 1. The molecule has 0 amide bonds. The molecule has 20 heavy (non-hydrogen) atoms. The molecule has 2 heterocycles. The Hall–Kier alpha value is -1.56. The number of nitrogens with two attached hydrogens (primary N) is 1. The van der Waals surface area contributed by atoms with E-state index >= 15 is 0 Å². The summed E-state index contributed by atoms with van der Waals surface area (Å²) < 4.78 is 18.4. The number of rotatable bonds is 2. The third-order valence-electron chi connectivity index (χ3n) is 2.74. The summed E-state index contributed by atoms with van der Waals surface area (Å²) >= 11 is 13.6. The summed E-state index contributed by atoms with van der Waals surface area (Å²) in [4.78, 5) is 0.700. The molecule has 0 fully saturated rings. The van der Waals surface area contributed by atoms with E-state index in [2.05, 4.69) is 5.16 Å². The molecule has 102 valence electrons. The molecule has 3 nitrogen and oxygen atoms in total. The largest absolute Gasteiger partial charge is 0.380 e. The zero-order chi connectivity index (χ0) is 14.3. The van der Waals surface area contributed by atoms with Gasteiger partial charge < -0.3 is 10.3 Å². The van der Waals surface area contributed by atoms with Crippen LogP contribution in [0.3, 0.4) is 0 Å². The lowest BCUT2D eigenvalue weighted by Crippen LogP contribution is -1.90. The van der Waals surface area contributed by atoms with Crippen molar-refractivity contribution < 1.29 is 8.91 Å². The van der Waals surface area contributed by atoms with Gasteiger partial charge >= 0.3 is 0 Å². The Balaban J connectivity index is 2.24. The number of nitrogens with zero attached hydrogens (tertiary/aromatic N) is 1. The van der Waals surface area contributed by atoms with E-state index in [9.17, 15) is 4.39 Å². The summed E-state index contributed by atoms with van der Waals surface area (Å²) in [5.74, 6) is 0.179. The molecule has 7 heteroatoms. The maximum absolute atomic E-state index is 13.2. The van der Waals surface area contributed by atoms with Crippen molar-refractivity contribution in [1.82, 2.24) is 5.16 Å². The van der Waals surface area contributed by atoms with Crippen LogP contribution in [0.15, 0.2) is 34.2 Å². The van der Waals surface area contributed by atoms with Crippen LogP contribution < -0.4 is 5.73 Å². The van der Waals surface area contributed by atoms with Gasteiger partial charge in [-0.15, -0.1) is 11.3 Å². The first kappa shape index (κ1) is 13.4. The Bertz CT molecular complexity index is 785. The number of halogens is 3. The second-order valence-corrected chi connectivity index (χ2v) is 5.72. The van der Waals surface area contributed by atoms with Gasteiger partial charge in [-0.1, -0.05) is 28.4 Å². The molecule has 3 aromatic rings. The van der Waals surface area contributed by atoms with Crippen molar-refractivity contribution in [3.05, 3.63) is 45.5 Å². The second-order valence-electron chi connectivity index (χ2n) is 3.99. The highest BCUT2D eigenvalue weighted by Crippen LogP contribution is 2.44. The van der Waals surface area contributed by atoms with Gasteiger partial charge in [-0.3, -0.25) is 0 Å². The van der Waals surface area contributed by atoms with E-state index in [1.807, 2.05) is 5.38 Å². The van der Waals surface area contributed by atoms with Crippen LogP contribution in [0.4, 0.5) is 10.2 Å². The van der Waals surface area contributed by atoms with Gasteiger partial charge in [0.05, 0.1) is 20.5 Å². The highest BCUT2D eigenvalue weighted by atomic mass is 35.5. The Morgan fingerprint density at radius 3 is 2.65 bits per heavy atom. The Kier molecular flexibility index (Phi) is 3.41. The van der Waals surface area contributed by atoms with E-state index in [0.29, 0.717) is 26.8 Å². The molecule has 0 aliphatic carbocycles. The monoisotopic (exact) mass is 328 g/mol.